The number of nitrogens with two attached hydrogens (primary N) is 1. The SMILES string of the molecule is Cc1c(C(=O)OC(C)C)sc2nc(Cl)nc(N)c12. The lowest BCUT2D eigenvalue weighted by atomic mass is 10.2. The van der Waals surface area contributed by atoms with Crippen LogP contribution < -0.4 is 5.73 Å². The topological polar surface area (TPSA) is 78.1 Å². The van der Waals surface area contributed by atoms with E-state index in [1.807, 2.05) is 0 Å². The van der Waals surface area contributed by atoms with Gasteiger partial charge in [-0.05, 0) is 37.9 Å². The number of anilines is 1. The van der Waals surface area contributed by atoms with Crippen LogP contribution in [0.4, 0.5) is 5.82 Å². The maximum atomic E-state index is 11.9. The minimum absolute atomic E-state index is 0.0741. The van der Waals surface area contributed by atoms with Gasteiger partial charge in [-0.15, -0.1) is 11.3 Å². The monoisotopic (exact) mass is 285 g/mol. The zero-order chi connectivity index (χ0) is 13.4. The second-order valence-electron chi connectivity index (χ2n) is 4.07. The van der Waals surface area contributed by atoms with Crippen molar-refractivity contribution in [2.45, 2.75) is 26.9 Å². The van der Waals surface area contributed by atoms with E-state index in [4.69, 9.17) is 22.1 Å². The number of fused-ring (bicyclic) bond motifs is 1. The molecule has 0 aromatic carbocycles. The van der Waals surface area contributed by atoms with Crippen molar-refractivity contribution in [3.05, 3.63) is 15.7 Å². The Labute approximate surface area is 113 Å². The predicted octanol–water partition coefficient (Wildman–Crippen LogP) is 2.80. The summed E-state index contributed by atoms with van der Waals surface area (Å²) < 4.78 is 5.17. The Bertz CT molecular complexity index is 624. The van der Waals surface area contributed by atoms with Crippen LogP contribution in [0, 0.1) is 6.92 Å². The summed E-state index contributed by atoms with van der Waals surface area (Å²) in [7, 11) is 0. The molecular formula is C11H12ClN3O2S. The first-order valence-electron chi connectivity index (χ1n) is 5.33. The number of esters is 1. The van der Waals surface area contributed by atoms with E-state index in [1.54, 1.807) is 20.8 Å². The Morgan fingerprint density at radius 1 is 1.44 bits per heavy atom. The van der Waals surface area contributed by atoms with Crippen molar-refractivity contribution in [2.24, 2.45) is 0 Å². The zero-order valence-electron chi connectivity index (χ0n) is 10.2. The van der Waals surface area contributed by atoms with Gasteiger partial charge < -0.3 is 10.5 Å². The molecule has 0 radical (unpaired) electrons. The lowest BCUT2D eigenvalue weighted by Gasteiger charge is -2.06. The second kappa shape index (κ2) is 4.70. The maximum absolute atomic E-state index is 11.9. The van der Waals surface area contributed by atoms with Gasteiger partial charge in [0.25, 0.3) is 0 Å². The first kappa shape index (κ1) is 13.0. The van der Waals surface area contributed by atoms with Crippen LogP contribution in [0.2, 0.25) is 5.28 Å². The smallest absolute Gasteiger partial charge is 0.348 e. The van der Waals surface area contributed by atoms with Crippen LogP contribution in [0.3, 0.4) is 0 Å². The van der Waals surface area contributed by atoms with Crippen LogP contribution >= 0.6 is 22.9 Å². The van der Waals surface area contributed by atoms with Gasteiger partial charge in [0.15, 0.2) is 0 Å². The van der Waals surface area contributed by atoms with Crippen LogP contribution in [-0.4, -0.2) is 22.0 Å². The van der Waals surface area contributed by atoms with Gasteiger partial charge >= 0.3 is 5.97 Å². The van der Waals surface area contributed by atoms with Gasteiger partial charge in [-0.1, -0.05) is 0 Å². The molecule has 96 valence electrons. The molecule has 0 fully saturated rings. The number of nitrogen functional groups attached to an aromatic ring is 1. The Kier molecular flexibility index (Phi) is 3.41. The van der Waals surface area contributed by atoms with E-state index in [0.717, 1.165) is 5.56 Å². The number of rotatable bonds is 2. The van der Waals surface area contributed by atoms with E-state index < -0.39 is 0 Å². The molecular weight excluding hydrogens is 274 g/mol. The number of aryl methyl sites for hydroxylation is 1. The first-order valence-corrected chi connectivity index (χ1v) is 6.52. The molecule has 0 amide bonds. The third-order valence-electron chi connectivity index (χ3n) is 2.32. The largest absolute Gasteiger partial charge is 0.459 e. The molecule has 5 nitrogen and oxygen atoms in total. The van der Waals surface area contributed by atoms with Gasteiger partial charge in [0.05, 0.1) is 11.5 Å². The minimum Gasteiger partial charge on any atom is -0.459 e. The van der Waals surface area contributed by atoms with Crippen molar-refractivity contribution in [1.29, 1.82) is 0 Å². The average molecular weight is 286 g/mol. The van der Waals surface area contributed by atoms with Crippen LogP contribution in [0.1, 0.15) is 29.1 Å². The number of thiophene rings is 1. The molecule has 0 bridgehead atoms. The highest BCUT2D eigenvalue weighted by Crippen LogP contribution is 2.33. The lowest BCUT2D eigenvalue weighted by Crippen LogP contribution is -2.11. The zero-order valence-corrected chi connectivity index (χ0v) is 11.7. The number of ether oxygens (including phenoxy) is 1. The molecule has 0 aliphatic carbocycles. The molecule has 0 saturated heterocycles. The molecule has 0 spiro atoms. The average Bonchev–Trinajstić information content (AvgIpc) is 2.54. The maximum Gasteiger partial charge on any atom is 0.348 e. The molecule has 2 N–H and O–H groups in total. The van der Waals surface area contributed by atoms with Crippen molar-refractivity contribution < 1.29 is 9.53 Å². The Morgan fingerprint density at radius 3 is 2.72 bits per heavy atom. The molecule has 2 rings (SSSR count). The fourth-order valence-electron chi connectivity index (χ4n) is 1.61. The van der Waals surface area contributed by atoms with Crippen molar-refractivity contribution in [2.75, 3.05) is 5.73 Å². The van der Waals surface area contributed by atoms with Crippen molar-refractivity contribution >= 4 is 44.9 Å². The summed E-state index contributed by atoms with van der Waals surface area (Å²) >= 11 is 6.95. The van der Waals surface area contributed by atoms with E-state index in [-0.39, 0.29) is 23.2 Å². The Hall–Kier alpha value is -1.40. The van der Waals surface area contributed by atoms with Gasteiger partial charge in [-0.2, -0.15) is 0 Å². The summed E-state index contributed by atoms with van der Waals surface area (Å²) in [6.45, 7) is 5.39. The standard InChI is InChI=1S/C11H12ClN3O2S/c1-4(2)17-10(16)7-5(3)6-8(13)14-11(12)15-9(6)18-7/h4H,1-3H3,(H2,13,14,15). The molecule has 2 aromatic heterocycles. The van der Waals surface area contributed by atoms with E-state index in [9.17, 15) is 4.79 Å². The fourth-order valence-corrected chi connectivity index (χ4v) is 2.90. The van der Waals surface area contributed by atoms with E-state index >= 15 is 0 Å². The van der Waals surface area contributed by atoms with Gasteiger partial charge in [0, 0.05) is 0 Å². The van der Waals surface area contributed by atoms with Crippen molar-refractivity contribution in [3.8, 4) is 0 Å². The highest BCUT2D eigenvalue weighted by atomic mass is 35.5. The Balaban J connectivity index is 2.57. The highest BCUT2D eigenvalue weighted by molar-refractivity contribution is 7.20. The van der Waals surface area contributed by atoms with E-state index in [1.165, 1.54) is 11.3 Å². The normalized spacial score (nSPS) is 11.2. The minimum atomic E-state index is -0.374. The van der Waals surface area contributed by atoms with Crippen molar-refractivity contribution in [3.63, 3.8) is 0 Å². The highest BCUT2D eigenvalue weighted by Gasteiger charge is 2.21. The molecule has 0 saturated carbocycles. The third kappa shape index (κ3) is 2.26. The number of aromatic nitrogens is 2. The third-order valence-corrected chi connectivity index (χ3v) is 3.65. The van der Waals surface area contributed by atoms with Gasteiger partial charge in [-0.25, -0.2) is 14.8 Å². The number of carbonyl (C=O) groups excluding carboxylic acids is 1. The van der Waals surface area contributed by atoms with E-state index in [2.05, 4.69) is 9.97 Å². The van der Waals surface area contributed by atoms with Crippen LogP contribution in [-0.2, 0) is 4.74 Å². The predicted molar refractivity (Wildman–Crippen MR) is 72.1 cm³/mol. The summed E-state index contributed by atoms with van der Waals surface area (Å²) in [4.78, 5) is 20.9. The number of nitrogens with zero attached hydrogens (tertiary/aromatic N) is 2. The number of carbonyl (C=O) groups is 1. The summed E-state index contributed by atoms with van der Waals surface area (Å²) in [5, 5.41) is 0.741. The molecule has 2 heterocycles. The molecule has 2 aromatic rings. The summed E-state index contributed by atoms with van der Waals surface area (Å²) in [5.74, 6) is -0.0941. The fraction of sp³-hybridized carbons (Fsp3) is 0.364. The summed E-state index contributed by atoms with van der Waals surface area (Å²) in [6.07, 6.45) is -0.172. The molecule has 0 aliphatic heterocycles. The van der Waals surface area contributed by atoms with Crippen LogP contribution in [0.15, 0.2) is 0 Å². The molecule has 0 unspecified atom stereocenters. The van der Waals surface area contributed by atoms with Crippen molar-refractivity contribution in [1.82, 2.24) is 9.97 Å². The summed E-state index contributed by atoms with van der Waals surface area (Å²) in [6, 6.07) is 0. The molecule has 18 heavy (non-hydrogen) atoms. The van der Waals surface area contributed by atoms with Gasteiger partial charge in [0.2, 0.25) is 5.28 Å². The van der Waals surface area contributed by atoms with E-state index in [0.29, 0.717) is 15.1 Å². The van der Waals surface area contributed by atoms with Crippen LogP contribution in [0.25, 0.3) is 10.2 Å². The second-order valence-corrected chi connectivity index (χ2v) is 5.41. The molecule has 0 aliphatic rings. The number of halogens is 1. The Morgan fingerprint density at radius 2 is 2.11 bits per heavy atom. The number of hydrogen-bond donors (Lipinski definition) is 1. The quantitative estimate of drug-likeness (QED) is 0.678. The molecule has 0 atom stereocenters. The lowest BCUT2D eigenvalue weighted by molar-refractivity contribution is 0.0383. The number of hydrogen-bond acceptors (Lipinski definition) is 6. The molecule has 7 heteroatoms. The van der Waals surface area contributed by atoms with Gasteiger partial charge in [0.1, 0.15) is 15.5 Å². The van der Waals surface area contributed by atoms with Crippen LogP contribution in [0.5, 0.6) is 0 Å². The summed E-state index contributed by atoms with van der Waals surface area (Å²) in [5.41, 5.74) is 6.52. The van der Waals surface area contributed by atoms with Gasteiger partial charge in [-0.3, -0.25) is 0 Å². The first-order chi connectivity index (χ1) is 8.40.